The van der Waals surface area contributed by atoms with Crippen LogP contribution in [0.15, 0.2) is 64.3 Å². The van der Waals surface area contributed by atoms with Crippen LogP contribution in [0.4, 0.5) is 5.69 Å². The number of rotatable bonds is 7. The van der Waals surface area contributed by atoms with E-state index in [9.17, 15) is 9.59 Å². The molecule has 1 heterocycles. The third kappa shape index (κ3) is 5.53. The van der Waals surface area contributed by atoms with Crippen LogP contribution in [-0.4, -0.2) is 49.3 Å². The Morgan fingerprint density at radius 1 is 1.12 bits per heavy atom. The van der Waals surface area contributed by atoms with Gasteiger partial charge in [-0.05, 0) is 61.1 Å². The van der Waals surface area contributed by atoms with Gasteiger partial charge in [0.2, 0.25) is 0 Å². The second-order valence-electron chi connectivity index (χ2n) is 7.15. The second-order valence-corrected chi connectivity index (χ2v) is 8.45. The van der Waals surface area contributed by atoms with Crippen molar-refractivity contribution in [3.8, 4) is 0 Å². The molecule has 1 amide bonds. The van der Waals surface area contributed by atoms with E-state index < -0.39 is 12.0 Å². The third-order valence-corrected chi connectivity index (χ3v) is 6.02. The monoisotopic (exact) mass is 517 g/mol. The van der Waals surface area contributed by atoms with Crippen molar-refractivity contribution in [1.82, 2.24) is 10.2 Å². The average molecular weight is 518 g/mol. The van der Waals surface area contributed by atoms with E-state index in [1.54, 1.807) is 43.3 Å². The molecular formula is C23H24BrN3O4S. The molecule has 1 aliphatic rings. The number of nitrogens with one attached hydrogen (secondary N) is 2. The van der Waals surface area contributed by atoms with Crippen molar-refractivity contribution in [3.63, 3.8) is 0 Å². The van der Waals surface area contributed by atoms with E-state index in [1.165, 1.54) is 0 Å². The first-order valence-electron chi connectivity index (χ1n) is 9.89. The number of carbonyl (C=O) groups is 2. The number of methoxy groups -OCH3 is 1. The Hall–Kier alpha value is -2.75. The maximum Gasteiger partial charge on any atom is 0.338 e. The summed E-state index contributed by atoms with van der Waals surface area (Å²) in [6, 6.07) is 13.9. The van der Waals surface area contributed by atoms with Gasteiger partial charge in [-0.3, -0.25) is 4.79 Å². The van der Waals surface area contributed by atoms with Gasteiger partial charge in [0.15, 0.2) is 5.11 Å². The second kappa shape index (κ2) is 10.7. The van der Waals surface area contributed by atoms with Crippen molar-refractivity contribution >= 4 is 50.8 Å². The minimum atomic E-state index is -0.468. The summed E-state index contributed by atoms with van der Waals surface area (Å²) in [5.41, 5.74) is 3.21. The Labute approximate surface area is 200 Å². The van der Waals surface area contributed by atoms with E-state index in [1.807, 2.05) is 31.2 Å². The average Bonchev–Trinajstić information content (AvgIpc) is 2.78. The van der Waals surface area contributed by atoms with Crippen molar-refractivity contribution in [2.75, 3.05) is 32.7 Å². The fourth-order valence-electron chi connectivity index (χ4n) is 3.21. The van der Waals surface area contributed by atoms with Crippen molar-refractivity contribution in [1.29, 1.82) is 0 Å². The molecule has 9 heteroatoms. The lowest BCUT2D eigenvalue weighted by atomic mass is 9.95. The highest BCUT2D eigenvalue weighted by Gasteiger charge is 2.33. The molecule has 2 aromatic carbocycles. The first-order valence-corrected chi connectivity index (χ1v) is 11.1. The quantitative estimate of drug-likeness (QED) is 0.326. The molecule has 1 unspecified atom stereocenters. The number of carbonyl (C=O) groups excluding carboxylic acids is 2. The van der Waals surface area contributed by atoms with Gasteiger partial charge < -0.3 is 25.0 Å². The lowest BCUT2D eigenvalue weighted by molar-refractivity contribution is -0.140. The van der Waals surface area contributed by atoms with Gasteiger partial charge in [0.05, 0.1) is 18.2 Å². The molecule has 2 aromatic rings. The van der Waals surface area contributed by atoms with Gasteiger partial charge in [-0.1, -0.05) is 28.1 Å². The fraction of sp³-hybridized carbons (Fsp3) is 0.261. The summed E-state index contributed by atoms with van der Waals surface area (Å²) < 4.78 is 11.2. The molecular weight excluding hydrogens is 494 g/mol. The number of nitrogens with zero attached hydrogens (tertiary/aromatic N) is 1. The minimum absolute atomic E-state index is 0.161. The van der Waals surface area contributed by atoms with Gasteiger partial charge in [-0.25, -0.2) is 4.79 Å². The number of benzene rings is 2. The number of ether oxygens (including phenoxy) is 2. The maximum atomic E-state index is 12.8. The number of allylic oxidation sites excluding steroid dienone is 1. The van der Waals surface area contributed by atoms with E-state index in [0.717, 1.165) is 10.0 Å². The van der Waals surface area contributed by atoms with E-state index in [2.05, 4.69) is 26.6 Å². The van der Waals surface area contributed by atoms with Crippen LogP contribution in [0.25, 0.3) is 0 Å². The molecule has 0 saturated carbocycles. The van der Waals surface area contributed by atoms with Crippen LogP contribution < -0.4 is 10.6 Å². The Morgan fingerprint density at radius 3 is 2.41 bits per heavy atom. The topological polar surface area (TPSA) is 79.9 Å². The van der Waals surface area contributed by atoms with Crippen LogP contribution in [0, 0.1) is 0 Å². The number of hydrogen-bond acceptors (Lipinski definition) is 5. The zero-order valence-corrected chi connectivity index (χ0v) is 20.4. The highest BCUT2D eigenvalue weighted by atomic mass is 79.9. The Bertz CT molecular complexity index is 1040. The molecule has 0 radical (unpaired) electrons. The predicted octanol–water partition coefficient (Wildman–Crippen LogP) is 4.03. The van der Waals surface area contributed by atoms with Crippen LogP contribution in [-0.2, 0) is 14.3 Å². The highest BCUT2D eigenvalue weighted by Crippen LogP contribution is 2.31. The zero-order valence-electron chi connectivity index (χ0n) is 18.0. The highest BCUT2D eigenvalue weighted by molar-refractivity contribution is 9.10. The zero-order chi connectivity index (χ0) is 23.3. The number of amides is 1. The molecule has 0 saturated heterocycles. The molecule has 1 aliphatic heterocycles. The van der Waals surface area contributed by atoms with Gasteiger partial charge in [-0.15, -0.1) is 0 Å². The van der Waals surface area contributed by atoms with Crippen LogP contribution in [0.3, 0.4) is 0 Å². The molecule has 0 aromatic heterocycles. The fourth-order valence-corrected chi connectivity index (χ4v) is 3.73. The number of anilines is 1. The summed E-state index contributed by atoms with van der Waals surface area (Å²) in [6.07, 6.45) is 0. The normalized spacial score (nSPS) is 15.9. The third-order valence-electron chi connectivity index (χ3n) is 5.10. The van der Waals surface area contributed by atoms with Crippen LogP contribution in [0.5, 0.6) is 0 Å². The Morgan fingerprint density at radius 2 is 1.78 bits per heavy atom. The summed E-state index contributed by atoms with van der Waals surface area (Å²) in [5.74, 6) is -0.638. The molecule has 0 aliphatic carbocycles. The van der Waals surface area contributed by atoms with Gasteiger partial charge >= 0.3 is 5.97 Å². The SMILES string of the molecule is COCCOC(=O)C1=C(C)N(C)C(=S)NC1c1ccc(NC(=O)c2ccc(Br)cc2)cc1. The van der Waals surface area contributed by atoms with Crippen molar-refractivity contribution < 1.29 is 19.1 Å². The molecule has 168 valence electrons. The van der Waals surface area contributed by atoms with E-state index >= 15 is 0 Å². The standard InChI is InChI=1S/C23H24BrN3O4S/c1-14-19(22(29)31-13-12-30-3)20(26-23(32)27(14)2)15-6-10-18(11-7-15)25-21(28)16-4-8-17(24)9-5-16/h4-11,20H,12-13H2,1-3H3,(H,25,28)(H,26,32). The number of thiocarbonyl (C=S) groups is 1. The predicted molar refractivity (Wildman–Crippen MR) is 130 cm³/mol. The van der Waals surface area contributed by atoms with Crippen LogP contribution in [0.1, 0.15) is 28.9 Å². The Balaban J connectivity index is 1.80. The lowest BCUT2D eigenvalue weighted by Crippen LogP contribution is -2.46. The van der Waals surface area contributed by atoms with E-state index in [4.69, 9.17) is 21.7 Å². The van der Waals surface area contributed by atoms with Gasteiger partial charge in [-0.2, -0.15) is 0 Å². The summed E-state index contributed by atoms with van der Waals surface area (Å²) >= 11 is 8.78. The number of hydrogen-bond donors (Lipinski definition) is 2. The van der Waals surface area contributed by atoms with Crippen molar-refractivity contribution in [3.05, 3.63) is 75.4 Å². The molecule has 0 spiro atoms. The summed E-state index contributed by atoms with van der Waals surface area (Å²) in [6.45, 7) is 2.31. The summed E-state index contributed by atoms with van der Waals surface area (Å²) in [7, 11) is 3.34. The largest absolute Gasteiger partial charge is 0.460 e. The van der Waals surface area contributed by atoms with E-state index in [0.29, 0.717) is 34.2 Å². The lowest BCUT2D eigenvalue weighted by Gasteiger charge is -2.35. The van der Waals surface area contributed by atoms with Crippen molar-refractivity contribution in [2.24, 2.45) is 0 Å². The number of esters is 1. The molecule has 0 fully saturated rings. The molecule has 3 rings (SSSR count). The molecule has 2 N–H and O–H groups in total. The first kappa shape index (κ1) is 23.9. The molecule has 7 nitrogen and oxygen atoms in total. The van der Waals surface area contributed by atoms with Crippen LogP contribution >= 0.6 is 28.1 Å². The Kier molecular flexibility index (Phi) is 8.00. The summed E-state index contributed by atoms with van der Waals surface area (Å²) in [4.78, 5) is 27.0. The smallest absolute Gasteiger partial charge is 0.338 e. The summed E-state index contributed by atoms with van der Waals surface area (Å²) in [5, 5.41) is 6.58. The van der Waals surface area contributed by atoms with Gasteiger partial charge in [0.1, 0.15) is 6.61 Å². The van der Waals surface area contributed by atoms with E-state index in [-0.39, 0.29) is 12.5 Å². The van der Waals surface area contributed by atoms with Crippen molar-refractivity contribution in [2.45, 2.75) is 13.0 Å². The molecule has 0 bridgehead atoms. The molecule has 1 atom stereocenters. The minimum Gasteiger partial charge on any atom is -0.460 e. The number of halogens is 1. The van der Waals surface area contributed by atoms with Gasteiger partial charge in [0, 0.05) is 35.6 Å². The molecule has 32 heavy (non-hydrogen) atoms. The van der Waals surface area contributed by atoms with Gasteiger partial charge in [0.25, 0.3) is 5.91 Å². The maximum absolute atomic E-state index is 12.8. The first-order chi connectivity index (χ1) is 15.3. The van der Waals surface area contributed by atoms with Crippen LogP contribution in [0.2, 0.25) is 0 Å².